The number of halogens is 4. The van der Waals surface area contributed by atoms with Crippen LogP contribution >= 0.6 is 23.4 Å². The molecule has 1 N–H and O–H groups in total. The Morgan fingerprint density at radius 3 is 2.57 bits per heavy atom. The molecular weight excluding hydrogens is 527 g/mol. The van der Waals surface area contributed by atoms with Crippen LogP contribution in [0.15, 0.2) is 76.7 Å². The molecule has 0 aliphatic carbocycles. The molecular formula is C26H21ClF3N3O3S. The Bertz CT molecular complexity index is 1520. The average Bonchev–Trinajstić information content (AvgIpc) is 2.86. The Morgan fingerprint density at radius 1 is 1.14 bits per heavy atom. The second-order valence-corrected chi connectivity index (χ2v) is 9.61. The van der Waals surface area contributed by atoms with E-state index in [1.54, 1.807) is 55.5 Å². The summed E-state index contributed by atoms with van der Waals surface area (Å²) in [5.41, 5.74) is -0.573. The molecule has 1 amide bonds. The fourth-order valence-corrected chi connectivity index (χ4v) is 4.65. The molecule has 0 radical (unpaired) electrons. The fraction of sp³-hybridized carbons (Fsp3) is 0.192. The topological polar surface area (TPSA) is 73.2 Å². The summed E-state index contributed by atoms with van der Waals surface area (Å²) in [6.07, 6.45) is -4.59. The molecule has 6 nitrogen and oxygen atoms in total. The van der Waals surface area contributed by atoms with Gasteiger partial charge in [0.25, 0.3) is 5.56 Å². The van der Waals surface area contributed by atoms with Gasteiger partial charge in [0, 0.05) is 0 Å². The molecule has 0 saturated carbocycles. The minimum atomic E-state index is -4.59. The van der Waals surface area contributed by atoms with Gasteiger partial charge in [-0.25, -0.2) is 4.98 Å². The lowest BCUT2D eigenvalue weighted by molar-refractivity contribution is -0.137. The summed E-state index contributed by atoms with van der Waals surface area (Å²) in [4.78, 5) is 31.2. The van der Waals surface area contributed by atoms with Crippen molar-refractivity contribution in [3.05, 3.63) is 87.7 Å². The molecule has 0 saturated heterocycles. The van der Waals surface area contributed by atoms with Gasteiger partial charge in [0.2, 0.25) is 5.91 Å². The number of anilines is 1. The van der Waals surface area contributed by atoms with Gasteiger partial charge >= 0.3 is 6.18 Å². The summed E-state index contributed by atoms with van der Waals surface area (Å²) < 4.78 is 46.5. The van der Waals surface area contributed by atoms with Gasteiger partial charge in [-0.3, -0.25) is 14.2 Å². The Morgan fingerprint density at radius 2 is 1.84 bits per heavy atom. The van der Waals surface area contributed by atoms with Crippen molar-refractivity contribution < 1.29 is 22.7 Å². The van der Waals surface area contributed by atoms with Crippen LogP contribution in [0.4, 0.5) is 18.9 Å². The maximum absolute atomic E-state index is 13.6. The Balaban J connectivity index is 1.73. The molecule has 0 fully saturated rings. The number of carbonyl (C=O) groups excluding carboxylic acids is 1. The van der Waals surface area contributed by atoms with Crippen LogP contribution < -0.4 is 15.6 Å². The summed E-state index contributed by atoms with van der Waals surface area (Å²) in [6.45, 7) is 3.74. The van der Waals surface area contributed by atoms with Crippen LogP contribution in [0.3, 0.4) is 0 Å². The van der Waals surface area contributed by atoms with Gasteiger partial charge in [-0.15, -0.1) is 0 Å². The number of aromatic nitrogens is 2. The van der Waals surface area contributed by atoms with E-state index in [0.29, 0.717) is 28.9 Å². The largest absolute Gasteiger partial charge is 0.492 e. The fourth-order valence-electron chi connectivity index (χ4n) is 3.57. The molecule has 0 aliphatic heterocycles. The number of rotatable bonds is 7. The lowest BCUT2D eigenvalue weighted by atomic mass is 10.2. The predicted molar refractivity (Wildman–Crippen MR) is 139 cm³/mol. The molecule has 4 aromatic rings. The van der Waals surface area contributed by atoms with Crippen molar-refractivity contribution in [1.29, 1.82) is 0 Å². The van der Waals surface area contributed by atoms with Crippen molar-refractivity contribution in [2.45, 2.75) is 30.4 Å². The van der Waals surface area contributed by atoms with E-state index in [9.17, 15) is 22.8 Å². The SMILES string of the molecule is CCOc1ccccc1-n1c(S[C@H](C)C(=O)Nc2cc(C(F)(F)F)ccc2Cl)nc2ccccc2c1=O. The molecule has 4 rings (SSSR count). The van der Waals surface area contributed by atoms with E-state index in [0.717, 1.165) is 30.0 Å². The van der Waals surface area contributed by atoms with E-state index >= 15 is 0 Å². The van der Waals surface area contributed by atoms with Crippen LogP contribution in [0.2, 0.25) is 5.02 Å². The number of hydrogen-bond donors (Lipinski definition) is 1. The highest BCUT2D eigenvalue weighted by Crippen LogP contribution is 2.35. The van der Waals surface area contributed by atoms with Crippen molar-refractivity contribution in [1.82, 2.24) is 9.55 Å². The van der Waals surface area contributed by atoms with Crippen molar-refractivity contribution >= 4 is 45.9 Å². The summed E-state index contributed by atoms with van der Waals surface area (Å²) in [6, 6.07) is 16.5. The standard InChI is InChI=1S/C26H21ClF3N3O3S/c1-3-36-22-11-7-6-10-21(22)33-24(35)17-8-4-5-9-19(17)32-25(33)37-15(2)23(34)31-20-14-16(26(28,29)30)12-13-18(20)27/h4-15H,3H2,1-2H3,(H,31,34)/t15-/m1/s1. The number of ether oxygens (including phenoxy) is 1. The van der Waals surface area contributed by atoms with Crippen LogP contribution in [0.25, 0.3) is 16.6 Å². The Hall–Kier alpha value is -3.50. The second-order valence-electron chi connectivity index (χ2n) is 7.89. The zero-order valence-corrected chi connectivity index (χ0v) is 21.2. The highest BCUT2D eigenvalue weighted by molar-refractivity contribution is 8.00. The van der Waals surface area contributed by atoms with Gasteiger partial charge in [0.05, 0.1) is 44.7 Å². The Labute approximate surface area is 219 Å². The minimum Gasteiger partial charge on any atom is -0.492 e. The normalized spacial score (nSPS) is 12.4. The number of amides is 1. The number of hydrogen-bond acceptors (Lipinski definition) is 5. The summed E-state index contributed by atoms with van der Waals surface area (Å²) in [5.74, 6) is -0.155. The highest BCUT2D eigenvalue weighted by Gasteiger charge is 2.31. The van der Waals surface area contributed by atoms with Gasteiger partial charge in [0.1, 0.15) is 5.75 Å². The molecule has 0 unspecified atom stereocenters. The van der Waals surface area contributed by atoms with Gasteiger partial charge in [-0.1, -0.05) is 47.6 Å². The molecule has 192 valence electrons. The van der Waals surface area contributed by atoms with Crippen LogP contribution in [-0.4, -0.2) is 27.3 Å². The number of alkyl halides is 3. The lowest BCUT2D eigenvalue weighted by Gasteiger charge is -2.19. The molecule has 1 heterocycles. The molecule has 1 aromatic heterocycles. The number of fused-ring (bicyclic) bond motifs is 1. The molecule has 0 aliphatic rings. The molecule has 3 aromatic carbocycles. The molecule has 0 spiro atoms. The van der Waals surface area contributed by atoms with Crippen LogP contribution in [0.1, 0.15) is 19.4 Å². The van der Waals surface area contributed by atoms with Gasteiger partial charge in [0.15, 0.2) is 5.16 Å². The first-order valence-electron chi connectivity index (χ1n) is 11.2. The van der Waals surface area contributed by atoms with E-state index in [4.69, 9.17) is 16.3 Å². The average molecular weight is 548 g/mol. The van der Waals surface area contributed by atoms with Crippen molar-refractivity contribution in [3.63, 3.8) is 0 Å². The predicted octanol–water partition coefficient (Wildman–Crippen LogP) is 6.58. The van der Waals surface area contributed by atoms with E-state index in [-0.39, 0.29) is 21.4 Å². The summed E-state index contributed by atoms with van der Waals surface area (Å²) >= 11 is 7.02. The monoisotopic (exact) mass is 547 g/mol. The van der Waals surface area contributed by atoms with Crippen molar-refractivity contribution in [2.24, 2.45) is 0 Å². The second kappa shape index (κ2) is 10.9. The van der Waals surface area contributed by atoms with Crippen molar-refractivity contribution in [3.8, 4) is 11.4 Å². The number of para-hydroxylation sites is 3. The molecule has 11 heteroatoms. The van der Waals surface area contributed by atoms with Gasteiger partial charge < -0.3 is 10.1 Å². The highest BCUT2D eigenvalue weighted by atomic mass is 35.5. The first kappa shape index (κ1) is 26.6. The zero-order valence-electron chi connectivity index (χ0n) is 19.7. The van der Waals surface area contributed by atoms with E-state index in [1.807, 2.05) is 6.92 Å². The quantitative estimate of drug-likeness (QED) is 0.209. The van der Waals surface area contributed by atoms with E-state index in [2.05, 4.69) is 10.3 Å². The van der Waals surface area contributed by atoms with Crippen LogP contribution in [-0.2, 0) is 11.0 Å². The van der Waals surface area contributed by atoms with E-state index in [1.165, 1.54) is 4.57 Å². The van der Waals surface area contributed by atoms with Crippen molar-refractivity contribution in [2.75, 3.05) is 11.9 Å². The number of thioether (sulfide) groups is 1. The first-order valence-corrected chi connectivity index (χ1v) is 12.4. The zero-order chi connectivity index (χ0) is 26.7. The number of benzene rings is 3. The maximum Gasteiger partial charge on any atom is 0.416 e. The number of nitrogens with one attached hydrogen (secondary N) is 1. The number of nitrogens with zero attached hydrogens (tertiary/aromatic N) is 2. The third kappa shape index (κ3) is 5.75. The third-order valence-electron chi connectivity index (χ3n) is 5.35. The van der Waals surface area contributed by atoms with Gasteiger partial charge in [-0.2, -0.15) is 13.2 Å². The molecule has 0 bridgehead atoms. The number of carbonyl (C=O) groups is 1. The van der Waals surface area contributed by atoms with Crippen LogP contribution in [0.5, 0.6) is 5.75 Å². The summed E-state index contributed by atoms with van der Waals surface area (Å²) in [5, 5.41) is 2.16. The first-order chi connectivity index (χ1) is 17.6. The lowest BCUT2D eigenvalue weighted by Crippen LogP contribution is -2.26. The van der Waals surface area contributed by atoms with Gasteiger partial charge in [-0.05, 0) is 56.3 Å². The minimum absolute atomic E-state index is 0.0371. The van der Waals surface area contributed by atoms with Crippen LogP contribution in [0, 0.1) is 0 Å². The summed E-state index contributed by atoms with van der Waals surface area (Å²) in [7, 11) is 0. The Kier molecular flexibility index (Phi) is 7.79. The molecule has 37 heavy (non-hydrogen) atoms. The maximum atomic E-state index is 13.6. The third-order valence-corrected chi connectivity index (χ3v) is 6.74. The smallest absolute Gasteiger partial charge is 0.416 e. The molecule has 1 atom stereocenters. The van der Waals surface area contributed by atoms with E-state index < -0.39 is 22.9 Å².